The van der Waals surface area contributed by atoms with Crippen LogP contribution in [0.5, 0.6) is 0 Å². The smallest absolute Gasteiger partial charge is 0.0834 e. The number of nitrogens with one attached hydrogen (secondary N) is 1. The molecule has 0 bridgehead atoms. The highest BCUT2D eigenvalue weighted by Gasteiger charge is 2.51. The van der Waals surface area contributed by atoms with Crippen molar-refractivity contribution in [3.63, 3.8) is 0 Å². The molecule has 1 saturated carbocycles. The minimum absolute atomic E-state index is 0.317. The molecule has 0 aromatic carbocycles. The van der Waals surface area contributed by atoms with Gasteiger partial charge in [-0.3, -0.25) is 0 Å². The Kier molecular flexibility index (Phi) is 4.45. The summed E-state index contributed by atoms with van der Waals surface area (Å²) in [5, 5.41) is 3.65. The maximum absolute atomic E-state index is 6.20. The Morgan fingerprint density at radius 1 is 1.41 bits per heavy atom. The van der Waals surface area contributed by atoms with E-state index in [0.29, 0.717) is 23.7 Å². The number of rotatable bonds is 6. The minimum Gasteiger partial charge on any atom is -0.379 e. The average molecular weight is 241 g/mol. The number of hydrogen-bond acceptors (Lipinski definition) is 3. The maximum atomic E-state index is 6.20. The van der Waals surface area contributed by atoms with Gasteiger partial charge in [-0.2, -0.15) is 0 Å². The van der Waals surface area contributed by atoms with Gasteiger partial charge in [-0.25, -0.2) is 0 Å². The molecule has 0 aromatic heterocycles. The van der Waals surface area contributed by atoms with Crippen LogP contribution in [0.4, 0.5) is 0 Å². The summed E-state index contributed by atoms with van der Waals surface area (Å²) in [6.07, 6.45) is 5.40. The Bertz CT molecular complexity index is 240. The Morgan fingerprint density at radius 3 is 2.82 bits per heavy atom. The van der Waals surface area contributed by atoms with E-state index in [-0.39, 0.29) is 0 Å². The van der Waals surface area contributed by atoms with E-state index in [2.05, 4.69) is 26.1 Å². The van der Waals surface area contributed by atoms with Crippen molar-refractivity contribution >= 4 is 0 Å². The SMILES string of the molecule is CCCNC1CC(OC2CCOC2)C1(C)CC. The molecule has 2 aliphatic rings. The van der Waals surface area contributed by atoms with Gasteiger partial charge in [0.05, 0.1) is 18.8 Å². The van der Waals surface area contributed by atoms with Crippen LogP contribution in [0.15, 0.2) is 0 Å². The summed E-state index contributed by atoms with van der Waals surface area (Å²) in [7, 11) is 0. The van der Waals surface area contributed by atoms with Gasteiger partial charge in [-0.15, -0.1) is 0 Å². The molecule has 1 heterocycles. The molecule has 100 valence electrons. The van der Waals surface area contributed by atoms with Gasteiger partial charge < -0.3 is 14.8 Å². The van der Waals surface area contributed by atoms with Crippen LogP contribution in [0, 0.1) is 5.41 Å². The number of ether oxygens (including phenoxy) is 2. The van der Waals surface area contributed by atoms with Crippen LogP contribution in [0.3, 0.4) is 0 Å². The second-order valence-electron chi connectivity index (χ2n) is 5.71. The molecule has 0 amide bonds. The van der Waals surface area contributed by atoms with E-state index in [1.165, 1.54) is 19.3 Å². The molecule has 1 saturated heterocycles. The monoisotopic (exact) mass is 241 g/mol. The first-order valence-electron chi connectivity index (χ1n) is 7.17. The summed E-state index contributed by atoms with van der Waals surface area (Å²) in [5.41, 5.74) is 0.317. The average Bonchev–Trinajstić information content (AvgIpc) is 2.84. The van der Waals surface area contributed by atoms with E-state index in [1.807, 2.05) is 0 Å². The van der Waals surface area contributed by atoms with E-state index < -0.39 is 0 Å². The Balaban J connectivity index is 1.83. The van der Waals surface area contributed by atoms with Crippen molar-refractivity contribution in [3.05, 3.63) is 0 Å². The fourth-order valence-electron chi connectivity index (χ4n) is 2.99. The van der Waals surface area contributed by atoms with Crippen LogP contribution in [0.1, 0.15) is 46.5 Å². The Hall–Kier alpha value is -0.120. The summed E-state index contributed by atoms with van der Waals surface area (Å²) < 4.78 is 11.6. The zero-order valence-electron chi connectivity index (χ0n) is 11.5. The third kappa shape index (κ3) is 2.67. The molecule has 0 spiro atoms. The first kappa shape index (κ1) is 13.3. The molecule has 3 nitrogen and oxygen atoms in total. The molecule has 4 atom stereocenters. The summed E-state index contributed by atoms with van der Waals surface area (Å²) in [6.45, 7) is 9.66. The molecule has 2 rings (SSSR count). The first-order chi connectivity index (χ1) is 8.20. The topological polar surface area (TPSA) is 30.5 Å². The van der Waals surface area contributed by atoms with Crippen molar-refractivity contribution < 1.29 is 9.47 Å². The lowest BCUT2D eigenvalue weighted by molar-refractivity contribution is -0.156. The van der Waals surface area contributed by atoms with Gasteiger partial charge in [0.1, 0.15) is 0 Å². The highest BCUT2D eigenvalue weighted by molar-refractivity contribution is 5.05. The Labute approximate surface area is 105 Å². The lowest BCUT2D eigenvalue weighted by Crippen LogP contribution is -2.62. The Morgan fingerprint density at radius 2 is 2.24 bits per heavy atom. The predicted molar refractivity (Wildman–Crippen MR) is 69.2 cm³/mol. The van der Waals surface area contributed by atoms with Gasteiger partial charge in [-0.1, -0.05) is 20.8 Å². The molecular formula is C14H27NO2. The summed E-state index contributed by atoms with van der Waals surface area (Å²) >= 11 is 0. The third-order valence-corrected chi connectivity index (χ3v) is 4.63. The summed E-state index contributed by atoms with van der Waals surface area (Å²) in [5.74, 6) is 0. The molecule has 0 radical (unpaired) electrons. The van der Waals surface area contributed by atoms with Crippen LogP contribution in [-0.2, 0) is 9.47 Å². The molecule has 1 aliphatic carbocycles. The predicted octanol–water partition coefficient (Wildman–Crippen LogP) is 2.35. The van der Waals surface area contributed by atoms with Gasteiger partial charge in [0.25, 0.3) is 0 Å². The lowest BCUT2D eigenvalue weighted by Gasteiger charge is -2.54. The highest BCUT2D eigenvalue weighted by Crippen LogP contribution is 2.46. The fourth-order valence-corrected chi connectivity index (χ4v) is 2.99. The van der Waals surface area contributed by atoms with Crippen molar-refractivity contribution in [3.8, 4) is 0 Å². The molecule has 4 unspecified atom stereocenters. The van der Waals surface area contributed by atoms with Gasteiger partial charge in [0, 0.05) is 18.1 Å². The summed E-state index contributed by atoms with van der Waals surface area (Å²) in [4.78, 5) is 0. The van der Waals surface area contributed by atoms with Crippen LogP contribution in [0.2, 0.25) is 0 Å². The van der Waals surface area contributed by atoms with E-state index in [0.717, 1.165) is 26.2 Å². The van der Waals surface area contributed by atoms with Gasteiger partial charge in [-0.05, 0) is 32.2 Å². The molecule has 1 aliphatic heterocycles. The van der Waals surface area contributed by atoms with Crippen LogP contribution >= 0.6 is 0 Å². The van der Waals surface area contributed by atoms with E-state index >= 15 is 0 Å². The molecule has 0 aromatic rings. The quantitative estimate of drug-likeness (QED) is 0.774. The molecule has 17 heavy (non-hydrogen) atoms. The maximum Gasteiger partial charge on any atom is 0.0834 e. The van der Waals surface area contributed by atoms with Crippen molar-refractivity contribution in [2.45, 2.75) is 64.7 Å². The summed E-state index contributed by atoms with van der Waals surface area (Å²) in [6, 6.07) is 0.639. The van der Waals surface area contributed by atoms with Crippen LogP contribution in [0.25, 0.3) is 0 Å². The molecular weight excluding hydrogens is 214 g/mol. The van der Waals surface area contributed by atoms with Gasteiger partial charge >= 0.3 is 0 Å². The second kappa shape index (κ2) is 5.68. The largest absolute Gasteiger partial charge is 0.379 e. The lowest BCUT2D eigenvalue weighted by atomic mass is 9.61. The third-order valence-electron chi connectivity index (χ3n) is 4.63. The molecule has 2 fully saturated rings. The normalized spacial score (nSPS) is 41.5. The second-order valence-corrected chi connectivity index (χ2v) is 5.71. The number of hydrogen-bond donors (Lipinski definition) is 1. The van der Waals surface area contributed by atoms with Gasteiger partial charge in [0.2, 0.25) is 0 Å². The van der Waals surface area contributed by atoms with Crippen LogP contribution in [-0.4, -0.2) is 38.0 Å². The van der Waals surface area contributed by atoms with E-state index in [9.17, 15) is 0 Å². The fraction of sp³-hybridized carbons (Fsp3) is 1.00. The van der Waals surface area contributed by atoms with Crippen molar-refractivity contribution in [2.75, 3.05) is 19.8 Å². The van der Waals surface area contributed by atoms with Crippen molar-refractivity contribution in [2.24, 2.45) is 5.41 Å². The van der Waals surface area contributed by atoms with Gasteiger partial charge in [0.15, 0.2) is 0 Å². The minimum atomic E-state index is 0.317. The molecule has 1 N–H and O–H groups in total. The highest BCUT2D eigenvalue weighted by atomic mass is 16.6. The zero-order chi connectivity index (χ0) is 12.3. The van der Waals surface area contributed by atoms with E-state index in [4.69, 9.17) is 9.47 Å². The molecule has 3 heteroatoms. The van der Waals surface area contributed by atoms with Crippen molar-refractivity contribution in [1.82, 2.24) is 5.32 Å². The van der Waals surface area contributed by atoms with Crippen molar-refractivity contribution in [1.29, 1.82) is 0 Å². The first-order valence-corrected chi connectivity index (χ1v) is 7.17. The zero-order valence-corrected chi connectivity index (χ0v) is 11.5. The van der Waals surface area contributed by atoms with Crippen LogP contribution < -0.4 is 5.32 Å². The standard InChI is InChI=1S/C14H27NO2/c1-4-7-15-12-9-13(14(12,3)5-2)17-11-6-8-16-10-11/h11-13,15H,4-10H2,1-3H3. The van der Waals surface area contributed by atoms with E-state index in [1.54, 1.807) is 0 Å².